The molecule has 1 N–H and O–H groups in total. The first-order valence-electron chi connectivity index (χ1n) is 7.36. The molecular weight excluding hydrogens is 292 g/mol. The highest BCUT2D eigenvalue weighted by Crippen LogP contribution is 2.29. The number of carbonyl (C=O) groups excluding carboxylic acids is 2. The zero-order chi connectivity index (χ0) is 16.0. The maximum Gasteiger partial charge on any atom is 0.246 e. The van der Waals surface area contributed by atoms with Crippen molar-refractivity contribution < 1.29 is 18.0 Å². The predicted molar refractivity (Wildman–Crippen MR) is 79.4 cm³/mol. The van der Waals surface area contributed by atoms with Gasteiger partial charge in [0.2, 0.25) is 11.8 Å². The molecule has 0 saturated carbocycles. The monoisotopic (exact) mass is 316 g/mol. The smallest absolute Gasteiger partial charge is 0.246 e. The standard InChI is InChI=1S/C14H24N2O4S/c1-9-12(17)15-11(14(2,3)4)13(18)16(9)10-5-7-21(19,20)8-6-10/h9-11H,5-8H2,1-4H3,(H,15,17). The second-order valence-electron chi connectivity index (χ2n) is 7.11. The normalized spacial score (nSPS) is 31.1. The Balaban J connectivity index is 2.24. The van der Waals surface area contributed by atoms with Crippen LogP contribution < -0.4 is 5.32 Å². The van der Waals surface area contributed by atoms with Crippen molar-refractivity contribution in [2.24, 2.45) is 5.41 Å². The van der Waals surface area contributed by atoms with Gasteiger partial charge in [0.05, 0.1) is 11.5 Å². The number of hydrogen-bond acceptors (Lipinski definition) is 4. The van der Waals surface area contributed by atoms with Gasteiger partial charge in [-0.1, -0.05) is 20.8 Å². The Morgan fingerprint density at radius 1 is 1.14 bits per heavy atom. The minimum Gasteiger partial charge on any atom is -0.342 e. The van der Waals surface area contributed by atoms with E-state index in [0.717, 1.165) is 0 Å². The fourth-order valence-electron chi connectivity index (χ4n) is 3.03. The summed E-state index contributed by atoms with van der Waals surface area (Å²) in [6, 6.07) is -1.26. The molecule has 2 rings (SSSR count). The summed E-state index contributed by atoms with van der Waals surface area (Å²) in [4.78, 5) is 26.5. The maximum absolute atomic E-state index is 12.8. The van der Waals surface area contributed by atoms with Gasteiger partial charge in [0.25, 0.3) is 0 Å². The predicted octanol–water partition coefficient (Wildman–Crippen LogP) is 0.325. The molecule has 7 heteroatoms. The van der Waals surface area contributed by atoms with Crippen LogP contribution in [-0.2, 0) is 19.4 Å². The van der Waals surface area contributed by atoms with Gasteiger partial charge in [-0.2, -0.15) is 0 Å². The van der Waals surface area contributed by atoms with Gasteiger partial charge in [-0.15, -0.1) is 0 Å². The average molecular weight is 316 g/mol. The fourth-order valence-corrected chi connectivity index (χ4v) is 4.50. The van der Waals surface area contributed by atoms with Crippen molar-refractivity contribution >= 4 is 21.7 Å². The molecule has 2 saturated heterocycles. The molecule has 0 aromatic carbocycles. The Hall–Kier alpha value is -1.11. The quantitative estimate of drug-likeness (QED) is 0.755. The Kier molecular flexibility index (Phi) is 4.08. The lowest BCUT2D eigenvalue weighted by molar-refractivity contribution is -0.154. The number of rotatable bonds is 1. The van der Waals surface area contributed by atoms with E-state index in [1.54, 1.807) is 11.8 Å². The third kappa shape index (κ3) is 3.22. The van der Waals surface area contributed by atoms with Gasteiger partial charge in [0.15, 0.2) is 0 Å². The molecule has 2 fully saturated rings. The van der Waals surface area contributed by atoms with Crippen LogP contribution in [0, 0.1) is 5.41 Å². The van der Waals surface area contributed by atoms with Crippen molar-refractivity contribution in [1.82, 2.24) is 10.2 Å². The maximum atomic E-state index is 12.8. The summed E-state index contributed by atoms with van der Waals surface area (Å²) < 4.78 is 23.1. The molecule has 2 aliphatic heterocycles. The van der Waals surface area contributed by atoms with Crippen LogP contribution in [0.1, 0.15) is 40.5 Å². The lowest BCUT2D eigenvalue weighted by Crippen LogP contribution is -2.68. The third-order valence-corrected chi connectivity index (χ3v) is 6.08. The van der Waals surface area contributed by atoms with Crippen molar-refractivity contribution in [3.8, 4) is 0 Å². The number of nitrogens with zero attached hydrogens (tertiary/aromatic N) is 1. The van der Waals surface area contributed by atoms with Crippen molar-refractivity contribution in [2.45, 2.75) is 58.7 Å². The number of sulfone groups is 1. The minimum absolute atomic E-state index is 0.0932. The van der Waals surface area contributed by atoms with E-state index >= 15 is 0 Å². The molecule has 21 heavy (non-hydrogen) atoms. The zero-order valence-corrected chi connectivity index (χ0v) is 13.9. The Bertz CT molecular complexity index is 536. The summed E-state index contributed by atoms with van der Waals surface area (Å²) in [6.07, 6.45) is 0.838. The Labute approximate surface area is 126 Å². The summed E-state index contributed by atoms with van der Waals surface area (Å²) in [5, 5.41) is 2.79. The Morgan fingerprint density at radius 2 is 1.67 bits per heavy atom. The molecule has 2 amide bonds. The molecule has 0 bridgehead atoms. The molecule has 2 unspecified atom stereocenters. The first kappa shape index (κ1) is 16.3. The zero-order valence-electron chi connectivity index (χ0n) is 13.0. The van der Waals surface area contributed by atoms with Crippen LogP contribution in [0.4, 0.5) is 0 Å². The van der Waals surface area contributed by atoms with Crippen molar-refractivity contribution in [3.63, 3.8) is 0 Å². The molecule has 2 heterocycles. The summed E-state index contributed by atoms with van der Waals surface area (Å²) in [7, 11) is -2.98. The van der Waals surface area contributed by atoms with Gasteiger partial charge < -0.3 is 10.2 Å². The molecule has 0 radical (unpaired) electrons. The van der Waals surface area contributed by atoms with Crippen LogP contribution in [0.15, 0.2) is 0 Å². The highest BCUT2D eigenvalue weighted by atomic mass is 32.2. The highest BCUT2D eigenvalue weighted by molar-refractivity contribution is 7.91. The van der Waals surface area contributed by atoms with E-state index in [-0.39, 0.29) is 34.8 Å². The van der Waals surface area contributed by atoms with Gasteiger partial charge >= 0.3 is 0 Å². The lowest BCUT2D eigenvalue weighted by atomic mass is 9.83. The van der Waals surface area contributed by atoms with Gasteiger partial charge in [0, 0.05) is 6.04 Å². The molecule has 120 valence electrons. The fraction of sp³-hybridized carbons (Fsp3) is 0.857. The largest absolute Gasteiger partial charge is 0.342 e. The number of piperazine rings is 1. The summed E-state index contributed by atoms with van der Waals surface area (Å²) >= 11 is 0. The lowest BCUT2D eigenvalue weighted by Gasteiger charge is -2.46. The van der Waals surface area contributed by atoms with Gasteiger partial charge in [-0.3, -0.25) is 9.59 Å². The molecule has 0 aromatic rings. The van der Waals surface area contributed by atoms with Crippen LogP contribution in [0.3, 0.4) is 0 Å². The van der Waals surface area contributed by atoms with E-state index < -0.39 is 21.9 Å². The number of amides is 2. The second kappa shape index (κ2) is 5.26. The molecule has 2 aliphatic rings. The van der Waals surface area contributed by atoms with Gasteiger partial charge in [0.1, 0.15) is 21.9 Å². The van der Waals surface area contributed by atoms with E-state index in [2.05, 4.69) is 5.32 Å². The van der Waals surface area contributed by atoms with Gasteiger partial charge in [-0.25, -0.2) is 8.42 Å². The molecule has 0 aromatic heterocycles. The first-order valence-corrected chi connectivity index (χ1v) is 9.18. The van der Waals surface area contributed by atoms with E-state index in [4.69, 9.17) is 0 Å². The number of nitrogens with one attached hydrogen (secondary N) is 1. The van der Waals surface area contributed by atoms with Crippen molar-refractivity contribution in [3.05, 3.63) is 0 Å². The van der Waals surface area contributed by atoms with Crippen LogP contribution in [-0.4, -0.2) is 54.8 Å². The molecular formula is C14H24N2O4S. The Morgan fingerprint density at radius 3 is 2.14 bits per heavy atom. The average Bonchev–Trinajstić information content (AvgIpc) is 2.34. The van der Waals surface area contributed by atoms with E-state index in [0.29, 0.717) is 12.8 Å². The second-order valence-corrected chi connectivity index (χ2v) is 9.42. The first-order chi connectivity index (χ1) is 9.53. The number of carbonyl (C=O) groups is 2. The van der Waals surface area contributed by atoms with Crippen LogP contribution in [0.25, 0.3) is 0 Å². The third-order valence-electron chi connectivity index (χ3n) is 4.37. The van der Waals surface area contributed by atoms with Crippen molar-refractivity contribution in [1.29, 1.82) is 0 Å². The summed E-state index contributed by atoms with van der Waals surface area (Å²) in [6.45, 7) is 7.44. The van der Waals surface area contributed by atoms with Crippen LogP contribution >= 0.6 is 0 Å². The molecule has 0 aliphatic carbocycles. The van der Waals surface area contributed by atoms with Gasteiger partial charge in [-0.05, 0) is 25.2 Å². The summed E-state index contributed by atoms with van der Waals surface area (Å²) in [5.41, 5.74) is -0.369. The minimum atomic E-state index is -2.98. The van der Waals surface area contributed by atoms with E-state index in [1.807, 2.05) is 20.8 Å². The highest BCUT2D eigenvalue weighted by Gasteiger charge is 2.46. The van der Waals surface area contributed by atoms with Crippen molar-refractivity contribution in [2.75, 3.05) is 11.5 Å². The molecule has 2 atom stereocenters. The molecule has 0 spiro atoms. The van der Waals surface area contributed by atoms with Crippen LogP contribution in [0.2, 0.25) is 0 Å². The topological polar surface area (TPSA) is 83.6 Å². The summed E-state index contributed by atoms with van der Waals surface area (Å²) in [5.74, 6) is -0.0757. The van der Waals surface area contributed by atoms with E-state index in [9.17, 15) is 18.0 Å². The van der Waals surface area contributed by atoms with Crippen LogP contribution in [0.5, 0.6) is 0 Å². The number of hydrogen-bond donors (Lipinski definition) is 1. The SMILES string of the molecule is CC1C(=O)NC(C(C)(C)C)C(=O)N1C1CCS(=O)(=O)CC1. The molecule has 6 nitrogen and oxygen atoms in total. The van der Waals surface area contributed by atoms with E-state index in [1.165, 1.54) is 0 Å².